The molecule has 1 heterocycles. The number of hydroxylamine groups is 2. The lowest BCUT2D eigenvalue weighted by molar-refractivity contribution is -0.118. The van der Waals surface area contributed by atoms with Crippen molar-refractivity contribution in [3.8, 4) is 0 Å². The van der Waals surface area contributed by atoms with Gasteiger partial charge in [0.2, 0.25) is 0 Å². The van der Waals surface area contributed by atoms with Crippen molar-refractivity contribution in [1.29, 1.82) is 0 Å². The zero-order valence-corrected chi connectivity index (χ0v) is 7.11. The highest BCUT2D eigenvalue weighted by molar-refractivity contribution is 4.89. The van der Waals surface area contributed by atoms with Crippen molar-refractivity contribution >= 4 is 0 Å². The van der Waals surface area contributed by atoms with E-state index in [1.807, 2.05) is 24.9 Å². The second-order valence-corrected chi connectivity index (χ2v) is 2.42. The standard InChI is InChI=1S/C7H13N3O/c1-9-5-4-8-7(9)6-10(2)11-3/h4-5H,6H2,1-3H3. The molecule has 0 N–H and O–H groups in total. The molecule has 0 bridgehead atoms. The van der Waals surface area contributed by atoms with Crippen molar-refractivity contribution < 1.29 is 4.84 Å². The Labute approximate surface area is 66.4 Å². The van der Waals surface area contributed by atoms with E-state index in [-0.39, 0.29) is 0 Å². The average Bonchev–Trinajstić information content (AvgIpc) is 2.37. The van der Waals surface area contributed by atoms with E-state index in [4.69, 9.17) is 4.84 Å². The van der Waals surface area contributed by atoms with E-state index in [1.165, 1.54) is 0 Å². The van der Waals surface area contributed by atoms with Gasteiger partial charge in [0.15, 0.2) is 0 Å². The molecule has 0 aliphatic carbocycles. The van der Waals surface area contributed by atoms with Crippen LogP contribution in [0.4, 0.5) is 0 Å². The van der Waals surface area contributed by atoms with Crippen LogP contribution in [0, 0.1) is 0 Å². The minimum Gasteiger partial charge on any atom is -0.337 e. The summed E-state index contributed by atoms with van der Waals surface area (Å²) in [5, 5.41) is 1.72. The molecule has 0 spiro atoms. The molecule has 0 unspecified atom stereocenters. The summed E-state index contributed by atoms with van der Waals surface area (Å²) in [5.74, 6) is 0.995. The van der Waals surface area contributed by atoms with Crippen LogP contribution in [-0.2, 0) is 18.4 Å². The van der Waals surface area contributed by atoms with Crippen LogP contribution >= 0.6 is 0 Å². The van der Waals surface area contributed by atoms with Gasteiger partial charge in [-0.1, -0.05) is 0 Å². The van der Waals surface area contributed by atoms with Gasteiger partial charge in [-0.3, -0.25) is 0 Å². The predicted molar refractivity (Wildman–Crippen MR) is 41.7 cm³/mol. The fraction of sp³-hybridized carbons (Fsp3) is 0.571. The maximum absolute atomic E-state index is 4.96. The molecule has 0 amide bonds. The van der Waals surface area contributed by atoms with Crippen LogP contribution in [0.15, 0.2) is 12.4 Å². The van der Waals surface area contributed by atoms with E-state index in [0.29, 0.717) is 6.54 Å². The highest BCUT2D eigenvalue weighted by Gasteiger charge is 2.01. The number of hydrogen-bond acceptors (Lipinski definition) is 3. The maximum atomic E-state index is 4.96. The quantitative estimate of drug-likeness (QED) is 0.592. The van der Waals surface area contributed by atoms with E-state index in [9.17, 15) is 0 Å². The first-order valence-electron chi connectivity index (χ1n) is 3.45. The summed E-state index contributed by atoms with van der Waals surface area (Å²) in [6.45, 7) is 0.708. The molecule has 0 aromatic carbocycles. The van der Waals surface area contributed by atoms with Crippen molar-refractivity contribution in [2.75, 3.05) is 14.2 Å². The molecule has 0 atom stereocenters. The maximum Gasteiger partial charge on any atom is 0.125 e. The van der Waals surface area contributed by atoms with Crippen molar-refractivity contribution in [3.05, 3.63) is 18.2 Å². The molecule has 11 heavy (non-hydrogen) atoms. The van der Waals surface area contributed by atoms with Gasteiger partial charge in [-0.2, -0.15) is 5.06 Å². The number of rotatable bonds is 3. The van der Waals surface area contributed by atoms with Crippen molar-refractivity contribution in [2.45, 2.75) is 6.54 Å². The predicted octanol–water partition coefficient (Wildman–Crippen LogP) is 0.413. The van der Waals surface area contributed by atoms with E-state index in [2.05, 4.69) is 4.98 Å². The molecule has 1 rings (SSSR count). The van der Waals surface area contributed by atoms with Crippen molar-refractivity contribution in [3.63, 3.8) is 0 Å². The minimum absolute atomic E-state index is 0.708. The second kappa shape index (κ2) is 3.50. The third kappa shape index (κ3) is 2.03. The zero-order chi connectivity index (χ0) is 8.27. The largest absolute Gasteiger partial charge is 0.337 e. The lowest BCUT2D eigenvalue weighted by Gasteiger charge is -2.12. The van der Waals surface area contributed by atoms with E-state index in [1.54, 1.807) is 18.4 Å². The number of aryl methyl sites for hydroxylation is 1. The monoisotopic (exact) mass is 155 g/mol. The van der Waals surface area contributed by atoms with Crippen molar-refractivity contribution in [2.24, 2.45) is 7.05 Å². The molecule has 4 nitrogen and oxygen atoms in total. The summed E-state index contributed by atoms with van der Waals surface area (Å²) in [5.41, 5.74) is 0. The normalized spacial score (nSPS) is 10.9. The first-order valence-corrected chi connectivity index (χ1v) is 3.45. The first kappa shape index (κ1) is 8.23. The Balaban J connectivity index is 2.56. The SMILES string of the molecule is CON(C)Cc1nccn1C. The van der Waals surface area contributed by atoms with Crippen LogP contribution in [0.25, 0.3) is 0 Å². The minimum atomic E-state index is 0.708. The van der Waals surface area contributed by atoms with E-state index in [0.717, 1.165) is 5.82 Å². The molecule has 0 saturated heterocycles. The highest BCUT2D eigenvalue weighted by atomic mass is 16.7. The van der Waals surface area contributed by atoms with Crippen LogP contribution in [0.5, 0.6) is 0 Å². The smallest absolute Gasteiger partial charge is 0.125 e. The number of imidazole rings is 1. The Morgan fingerprint density at radius 2 is 2.45 bits per heavy atom. The van der Waals surface area contributed by atoms with Crippen LogP contribution in [-0.4, -0.2) is 28.8 Å². The third-order valence-corrected chi connectivity index (χ3v) is 1.60. The Kier molecular flexibility index (Phi) is 2.62. The summed E-state index contributed by atoms with van der Waals surface area (Å²) >= 11 is 0. The van der Waals surface area contributed by atoms with Gasteiger partial charge in [0.05, 0.1) is 13.7 Å². The van der Waals surface area contributed by atoms with Gasteiger partial charge in [0.1, 0.15) is 5.82 Å². The average molecular weight is 155 g/mol. The van der Waals surface area contributed by atoms with Crippen LogP contribution < -0.4 is 0 Å². The molecule has 1 aromatic rings. The molecule has 0 aliphatic heterocycles. The van der Waals surface area contributed by atoms with E-state index >= 15 is 0 Å². The Morgan fingerprint density at radius 1 is 1.73 bits per heavy atom. The third-order valence-electron chi connectivity index (χ3n) is 1.60. The van der Waals surface area contributed by atoms with Crippen LogP contribution in [0.1, 0.15) is 5.82 Å². The summed E-state index contributed by atoms with van der Waals surface area (Å²) in [4.78, 5) is 9.10. The molecule has 4 heteroatoms. The van der Waals surface area contributed by atoms with Gasteiger partial charge >= 0.3 is 0 Å². The number of aromatic nitrogens is 2. The lowest BCUT2D eigenvalue weighted by Crippen LogP contribution is -2.18. The molecular formula is C7H13N3O. The summed E-state index contributed by atoms with van der Waals surface area (Å²) in [7, 11) is 5.48. The Bertz CT molecular complexity index is 221. The first-order chi connectivity index (χ1) is 5.24. The fourth-order valence-electron chi connectivity index (χ4n) is 0.813. The molecule has 62 valence electrons. The molecule has 0 radical (unpaired) electrons. The topological polar surface area (TPSA) is 30.3 Å². The second-order valence-electron chi connectivity index (χ2n) is 2.42. The summed E-state index contributed by atoms with van der Waals surface area (Å²) in [6.07, 6.45) is 3.69. The number of nitrogens with zero attached hydrogens (tertiary/aromatic N) is 3. The number of hydrogen-bond donors (Lipinski definition) is 0. The molecule has 0 saturated carbocycles. The molecule has 0 aliphatic rings. The Morgan fingerprint density at radius 3 is 2.91 bits per heavy atom. The molecule has 0 fully saturated rings. The van der Waals surface area contributed by atoms with Gasteiger partial charge < -0.3 is 9.40 Å². The summed E-state index contributed by atoms with van der Waals surface area (Å²) < 4.78 is 1.97. The highest BCUT2D eigenvalue weighted by Crippen LogP contribution is 1.97. The molecular weight excluding hydrogens is 142 g/mol. The van der Waals surface area contributed by atoms with Gasteiger partial charge in [0, 0.05) is 26.5 Å². The zero-order valence-electron chi connectivity index (χ0n) is 7.11. The lowest BCUT2D eigenvalue weighted by atomic mass is 10.6. The van der Waals surface area contributed by atoms with Crippen LogP contribution in [0.2, 0.25) is 0 Å². The fourth-order valence-corrected chi connectivity index (χ4v) is 0.813. The van der Waals surface area contributed by atoms with Gasteiger partial charge in [-0.05, 0) is 0 Å². The Hall–Kier alpha value is -0.870. The summed E-state index contributed by atoms with van der Waals surface area (Å²) in [6, 6.07) is 0. The van der Waals surface area contributed by atoms with Gasteiger partial charge in [-0.15, -0.1) is 0 Å². The van der Waals surface area contributed by atoms with Gasteiger partial charge in [-0.25, -0.2) is 4.98 Å². The van der Waals surface area contributed by atoms with Crippen LogP contribution in [0.3, 0.4) is 0 Å². The van der Waals surface area contributed by atoms with E-state index < -0.39 is 0 Å². The van der Waals surface area contributed by atoms with Gasteiger partial charge in [0.25, 0.3) is 0 Å². The van der Waals surface area contributed by atoms with Crippen molar-refractivity contribution in [1.82, 2.24) is 14.6 Å². The molecule has 1 aromatic heterocycles.